The zero-order chi connectivity index (χ0) is 13.5. The van der Waals surface area contributed by atoms with E-state index in [0.29, 0.717) is 6.54 Å². The summed E-state index contributed by atoms with van der Waals surface area (Å²) in [7, 11) is 0. The zero-order valence-corrected chi connectivity index (χ0v) is 11.7. The van der Waals surface area contributed by atoms with E-state index in [2.05, 4.69) is 23.6 Å². The van der Waals surface area contributed by atoms with Gasteiger partial charge in [0.2, 0.25) is 0 Å². The van der Waals surface area contributed by atoms with Gasteiger partial charge in [0.25, 0.3) is 0 Å². The first-order valence-corrected chi connectivity index (χ1v) is 7.29. The summed E-state index contributed by atoms with van der Waals surface area (Å²) in [6.45, 7) is 2.62. The second-order valence-corrected chi connectivity index (χ2v) is 5.27. The number of carbonyl (C=O) groups excluding carboxylic acids is 1. The van der Waals surface area contributed by atoms with Crippen LogP contribution in [0.4, 0.5) is 4.79 Å². The van der Waals surface area contributed by atoms with E-state index in [1.807, 2.05) is 41.8 Å². The zero-order valence-electron chi connectivity index (χ0n) is 10.9. The maximum absolute atomic E-state index is 11.9. The molecule has 2 rings (SSSR count). The Kier molecular flexibility index (Phi) is 4.98. The third kappa shape index (κ3) is 4.10. The van der Waals surface area contributed by atoms with Crippen LogP contribution in [0.2, 0.25) is 0 Å². The molecule has 1 aromatic carbocycles. The summed E-state index contributed by atoms with van der Waals surface area (Å²) in [6, 6.07) is 13.9. The number of nitrogens with one attached hydrogen (secondary N) is 2. The first kappa shape index (κ1) is 13.6. The molecule has 0 saturated carbocycles. The smallest absolute Gasteiger partial charge is 0.315 e. The van der Waals surface area contributed by atoms with Crippen LogP contribution >= 0.6 is 11.3 Å². The summed E-state index contributed by atoms with van der Waals surface area (Å²) < 4.78 is 0. The van der Waals surface area contributed by atoms with Crippen LogP contribution in [0.5, 0.6) is 0 Å². The molecule has 3 nitrogen and oxygen atoms in total. The largest absolute Gasteiger partial charge is 0.334 e. The number of hydrogen-bond donors (Lipinski definition) is 2. The van der Waals surface area contributed by atoms with Gasteiger partial charge in [-0.25, -0.2) is 4.79 Å². The van der Waals surface area contributed by atoms with E-state index in [1.54, 1.807) is 11.3 Å². The molecular weight excluding hydrogens is 256 g/mol. The fraction of sp³-hybridized carbons (Fsp3) is 0.267. The molecule has 2 N–H and O–H groups in total. The molecule has 0 bridgehead atoms. The molecule has 0 aliphatic carbocycles. The molecule has 1 aromatic heterocycles. The van der Waals surface area contributed by atoms with Gasteiger partial charge in [-0.2, -0.15) is 0 Å². The number of benzene rings is 1. The van der Waals surface area contributed by atoms with Crippen LogP contribution in [0.3, 0.4) is 0 Å². The minimum Gasteiger partial charge on any atom is -0.334 e. The van der Waals surface area contributed by atoms with Crippen molar-refractivity contribution < 1.29 is 4.79 Å². The molecule has 0 saturated heterocycles. The molecule has 1 unspecified atom stereocenters. The van der Waals surface area contributed by atoms with Gasteiger partial charge in [-0.1, -0.05) is 43.3 Å². The normalized spacial score (nSPS) is 11.8. The Bertz CT molecular complexity index is 496. The Labute approximate surface area is 117 Å². The topological polar surface area (TPSA) is 41.1 Å². The third-order valence-electron chi connectivity index (χ3n) is 2.90. The van der Waals surface area contributed by atoms with Crippen LogP contribution < -0.4 is 10.6 Å². The molecule has 0 spiro atoms. The fourth-order valence-corrected chi connectivity index (χ4v) is 2.71. The van der Waals surface area contributed by atoms with E-state index in [1.165, 1.54) is 4.88 Å². The van der Waals surface area contributed by atoms with Crippen molar-refractivity contribution in [3.05, 3.63) is 58.3 Å². The van der Waals surface area contributed by atoms with Crippen molar-refractivity contribution in [3.8, 4) is 0 Å². The lowest BCUT2D eigenvalue weighted by Crippen LogP contribution is -2.37. The van der Waals surface area contributed by atoms with E-state index < -0.39 is 0 Å². The van der Waals surface area contributed by atoms with Crippen LogP contribution in [0.15, 0.2) is 47.8 Å². The summed E-state index contributed by atoms with van der Waals surface area (Å²) in [5.74, 6) is 0. The predicted molar refractivity (Wildman–Crippen MR) is 79.2 cm³/mol. The highest BCUT2D eigenvalue weighted by molar-refractivity contribution is 7.10. The van der Waals surface area contributed by atoms with E-state index >= 15 is 0 Å². The van der Waals surface area contributed by atoms with Crippen molar-refractivity contribution in [2.24, 2.45) is 0 Å². The van der Waals surface area contributed by atoms with Gasteiger partial charge in [-0.3, -0.25) is 0 Å². The summed E-state index contributed by atoms with van der Waals surface area (Å²) in [6.07, 6.45) is 0.888. The second-order valence-electron chi connectivity index (χ2n) is 4.29. The highest BCUT2D eigenvalue weighted by atomic mass is 32.1. The van der Waals surface area contributed by atoms with Gasteiger partial charge in [0.05, 0.1) is 6.04 Å². The fourth-order valence-electron chi connectivity index (χ4n) is 1.85. The average Bonchev–Trinajstić information content (AvgIpc) is 2.97. The van der Waals surface area contributed by atoms with Crippen molar-refractivity contribution in [2.45, 2.75) is 25.9 Å². The Morgan fingerprint density at radius 2 is 2.00 bits per heavy atom. The Morgan fingerprint density at radius 1 is 1.21 bits per heavy atom. The maximum atomic E-state index is 11.9. The standard InChI is InChI=1S/C15H18N2OS/c1-2-13(14-9-6-10-19-14)17-15(18)16-11-12-7-4-3-5-8-12/h3-10,13H,2,11H2,1H3,(H2,16,17,18). The number of urea groups is 1. The lowest BCUT2D eigenvalue weighted by Gasteiger charge is -2.16. The van der Waals surface area contributed by atoms with Crippen LogP contribution in [0, 0.1) is 0 Å². The van der Waals surface area contributed by atoms with Gasteiger partial charge in [0, 0.05) is 11.4 Å². The second kappa shape index (κ2) is 6.95. The van der Waals surface area contributed by atoms with E-state index in [0.717, 1.165) is 12.0 Å². The Hall–Kier alpha value is -1.81. The van der Waals surface area contributed by atoms with E-state index in [4.69, 9.17) is 0 Å². The Morgan fingerprint density at radius 3 is 2.63 bits per heavy atom. The van der Waals surface area contributed by atoms with E-state index in [9.17, 15) is 4.79 Å². The maximum Gasteiger partial charge on any atom is 0.315 e. The van der Waals surface area contributed by atoms with Crippen LogP contribution in [-0.4, -0.2) is 6.03 Å². The first-order valence-electron chi connectivity index (χ1n) is 6.41. The minimum atomic E-state index is -0.121. The average molecular weight is 274 g/mol. The molecule has 0 aliphatic heterocycles. The van der Waals surface area contributed by atoms with Crippen molar-refractivity contribution in [2.75, 3.05) is 0 Å². The summed E-state index contributed by atoms with van der Waals surface area (Å²) >= 11 is 1.67. The van der Waals surface area contributed by atoms with Crippen molar-refractivity contribution in [1.82, 2.24) is 10.6 Å². The number of thiophene rings is 1. The molecule has 19 heavy (non-hydrogen) atoms. The van der Waals surface area contributed by atoms with Crippen molar-refractivity contribution >= 4 is 17.4 Å². The number of hydrogen-bond acceptors (Lipinski definition) is 2. The summed E-state index contributed by atoms with van der Waals surface area (Å²) in [5.41, 5.74) is 1.10. The van der Waals surface area contributed by atoms with Gasteiger partial charge in [0.15, 0.2) is 0 Å². The van der Waals surface area contributed by atoms with Gasteiger partial charge >= 0.3 is 6.03 Å². The molecule has 2 aromatic rings. The molecule has 100 valence electrons. The van der Waals surface area contributed by atoms with Crippen LogP contribution in [-0.2, 0) is 6.54 Å². The summed E-state index contributed by atoms with van der Waals surface area (Å²) in [5, 5.41) is 7.91. The van der Waals surface area contributed by atoms with Crippen LogP contribution in [0.25, 0.3) is 0 Å². The van der Waals surface area contributed by atoms with Crippen LogP contribution in [0.1, 0.15) is 29.8 Å². The molecule has 4 heteroatoms. The molecule has 1 heterocycles. The lowest BCUT2D eigenvalue weighted by atomic mass is 10.2. The third-order valence-corrected chi connectivity index (χ3v) is 3.88. The first-order chi connectivity index (χ1) is 9.29. The molecular formula is C15H18N2OS. The lowest BCUT2D eigenvalue weighted by molar-refractivity contribution is 0.236. The molecule has 2 amide bonds. The number of rotatable bonds is 5. The molecule has 0 fully saturated rings. The quantitative estimate of drug-likeness (QED) is 0.857. The highest BCUT2D eigenvalue weighted by Gasteiger charge is 2.12. The van der Waals surface area contributed by atoms with Gasteiger partial charge < -0.3 is 10.6 Å². The summed E-state index contributed by atoms with van der Waals surface area (Å²) in [4.78, 5) is 13.1. The molecule has 0 aliphatic rings. The van der Waals surface area contributed by atoms with E-state index in [-0.39, 0.29) is 12.1 Å². The van der Waals surface area contributed by atoms with Crippen molar-refractivity contribution in [3.63, 3.8) is 0 Å². The highest BCUT2D eigenvalue weighted by Crippen LogP contribution is 2.21. The van der Waals surface area contributed by atoms with Gasteiger partial charge in [-0.15, -0.1) is 11.3 Å². The monoisotopic (exact) mass is 274 g/mol. The number of amides is 2. The Balaban J connectivity index is 1.84. The minimum absolute atomic E-state index is 0.0933. The van der Waals surface area contributed by atoms with Crippen molar-refractivity contribution in [1.29, 1.82) is 0 Å². The molecule has 0 radical (unpaired) electrons. The van der Waals surface area contributed by atoms with Gasteiger partial charge in [0.1, 0.15) is 0 Å². The van der Waals surface area contributed by atoms with Gasteiger partial charge in [-0.05, 0) is 23.4 Å². The predicted octanol–water partition coefficient (Wildman–Crippen LogP) is 3.70. The molecule has 1 atom stereocenters. The number of carbonyl (C=O) groups is 1. The SMILES string of the molecule is CCC(NC(=O)NCc1ccccc1)c1cccs1.